The number of nitrogens with one attached hydrogen (secondary N) is 1. The van der Waals surface area contributed by atoms with Gasteiger partial charge in [0.1, 0.15) is 18.5 Å². The first-order valence-electron chi connectivity index (χ1n) is 6.65. The Morgan fingerprint density at radius 3 is 2.14 bits per heavy atom. The van der Waals surface area contributed by atoms with Gasteiger partial charge in [0, 0.05) is 22.0 Å². The van der Waals surface area contributed by atoms with Crippen molar-refractivity contribution < 1.29 is 9.84 Å². The zero-order valence-electron chi connectivity index (χ0n) is 11.4. The molecule has 0 aromatic heterocycles. The Kier molecular flexibility index (Phi) is 6.70. The number of ether oxygens (including phenoxy) is 1. The first-order valence-corrected chi connectivity index (χ1v) is 8.23. The van der Waals surface area contributed by atoms with E-state index in [1.54, 1.807) is 0 Å². The quantitative estimate of drug-likeness (QED) is 0.725. The maximum Gasteiger partial charge on any atom is 0.119 e. The highest BCUT2D eigenvalue weighted by molar-refractivity contribution is 9.10. The molecule has 2 N–H and O–H groups in total. The van der Waals surface area contributed by atoms with Gasteiger partial charge in [-0.2, -0.15) is 0 Å². The van der Waals surface area contributed by atoms with Crippen molar-refractivity contribution >= 4 is 31.9 Å². The Balaban J connectivity index is 1.66. The van der Waals surface area contributed by atoms with Gasteiger partial charge in [0.2, 0.25) is 0 Å². The van der Waals surface area contributed by atoms with Crippen LogP contribution in [0.15, 0.2) is 57.5 Å². The first kappa shape index (κ1) is 16.5. The standard InChI is InChI=1S/C16H17Br2NO2/c17-13-3-1-12(2-4-13)9-19-10-15(20)11-21-16-7-5-14(18)6-8-16/h1-8,15,19-20H,9-11H2. The van der Waals surface area contributed by atoms with E-state index in [4.69, 9.17) is 4.74 Å². The summed E-state index contributed by atoms with van der Waals surface area (Å²) in [5, 5.41) is 13.1. The molecule has 1 unspecified atom stereocenters. The second kappa shape index (κ2) is 8.54. The maximum absolute atomic E-state index is 9.88. The molecular weight excluding hydrogens is 398 g/mol. The lowest BCUT2D eigenvalue weighted by molar-refractivity contribution is 0.106. The normalized spacial score (nSPS) is 12.1. The summed E-state index contributed by atoms with van der Waals surface area (Å²) in [6.07, 6.45) is -0.538. The largest absolute Gasteiger partial charge is 0.491 e. The lowest BCUT2D eigenvalue weighted by Gasteiger charge is -2.13. The topological polar surface area (TPSA) is 41.5 Å². The molecule has 2 aromatic carbocycles. The number of aliphatic hydroxyl groups is 1. The van der Waals surface area contributed by atoms with Crippen molar-refractivity contribution in [2.75, 3.05) is 13.2 Å². The van der Waals surface area contributed by atoms with E-state index in [-0.39, 0.29) is 6.61 Å². The van der Waals surface area contributed by atoms with Crippen molar-refractivity contribution in [1.29, 1.82) is 0 Å². The SMILES string of the molecule is OC(CNCc1ccc(Br)cc1)COc1ccc(Br)cc1. The summed E-state index contributed by atoms with van der Waals surface area (Å²) in [6, 6.07) is 15.6. The van der Waals surface area contributed by atoms with Crippen LogP contribution in [0.5, 0.6) is 5.75 Å². The van der Waals surface area contributed by atoms with E-state index in [1.807, 2.05) is 48.5 Å². The average Bonchev–Trinajstić information content (AvgIpc) is 2.49. The Labute approximate surface area is 141 Å². The second-order valence-corrected chi connectivity index (χ2v) is 6.51. The lowest BCUT2D eigenvalue weighted by atomic mass is 10.2. The van der Waals surface area contributed by atoms with Crippen LogP contribution in [0, 0.1) is 0 Å². The van der Waals surface area contributed by atoms with Crippen LogP contribution >= 0.6 is 31.9 Å². The number of rotatable bonds is 7. The molecule has 2 rings (SSSR count). The molecule has 0 spiro atoms. The molecule has 1 atom stereocenters. The van der Waals surface area contributed by atoms with Crippen LogP contribution in [-0.2, 0) is 6.54 Å². The molecule has 0 saturated heterocycles. The van der Waals surface area contributed by atoms with Crippen LogP contribution < -0.4 is 10.1 Å². The summed E-state index contributed by atoms with van der Waals surface area (Å²) in [4.78, 5) is 0. The molecule has 5 heteroatoms. The van der Waals surface area contributed by atoms with Crippen molar-refractivity contribution in [1.82, 2.24) is 5.32 Å². The van der Waals surface area contributed by atoms with Crippen LogP contribution in [-0.4, -0.2) is 24.4 Å². The maximum atomic E-state index is 9.88. The predicted octanol–water partition coefficient (Wildman–Crippen LogP) is 3.74. The van der Waals surface area contributed by atoms with Gasteiger partial charge in [-0.25, -0.2) is 0 Å². The molecule has 0 radical (unpaired) electrons. The minimum atomic E-state index is -0.538. The summed E-state index contributed by atoms with van der Waals surface area (Å²) in [6.45, 7) is 1.49. The van der Waals surface area contributed by atoms with Gasteiger partial charge in [0.05, 0.1) is 0 Å². The molecular formula is C16H17Br2NO2. The van der Waals surface area contributed by atoms with Gasteiger partial charge in [0.25, 0.3) is 0 Å². The monoisotopic (exact) mass is 413 g/mol. The molecule has 21 heavy (non-hydrogen) atoms. The van der Waals surface area contributed by atoms with Gasteiger partial charge in [0.15, 0.2) is 0 Å². The second-order valence-electron chi connectivity index (χ2n) is 4.68. The van der Waals surface area contributed by atoms with Crippen molar-refractivity contribution in [2.24, 2.45) is 0 Å². The summed E-state index contributed by atoms with van der Waals surface area (Å²) in [7, 11) is 0. The average molecular weight is 415 g/mol. The highest BCUT2D eigenvalue weighted by Crippen LogP contribution is 2.16. The highest BCUT2D eigenvalue weighted by Gasteiger charge is 2.05. The highest BCUT2D eigenvalue weighted by atomic mass is 79.9. The van der Waals surface area contributed by atoms with Crippen molar-refractivity contribution in [3.05, 3.63) is 63.0 Å². The molecule has 0 bridgehead atoms. The third-order valence-electron chi connectivity index (χ3n) is 2.88. The molecule has 0 aliphatic heterocycles. The fourth-order valence-electron chi connectivity index (χ4n) is 1.77. The molecule has 0 aliphatic rings. The zero-order valence-corrected chi connectivity index (χ0v) is 14.6. The molecule has 112 valence electrons. The molecule has 0 aliphatic carbocycles. The van der Waals surface area contributed by atoms with E-state index in [2.05, 4.69) is 37.2 Å². The molecule has 2 aromatic rings. The van der Waals surface area contributed by atoms with Gasteiger partial charge in [-0.05, 0) is 42.0 Å². The summed E-state index contributed by atoms with van der Waals surface area (Å²) >= 11 is 6.77. The third-order valence-corrected chi connectivity index (χ3v) is 3.94. The minimum absolute atomic E-state index is 0.273. The fourth-order valence-corrected chi connectivity index (χ4v) is 2.30. The van der Waals surface area contributed by atoms with Crippen LogP contribution in [0.25, 0.3) is 0 Å². The van der Waals surface area contributed by atoms with E-state index in [0.717, 1.165) is 21.2 Å². The van der Waals surface area contributed by atoms with E-state index >= 15 is 0 Å². The molecule has 0 amide bonds. The summed E-state index contributed by atoms with van der Waals surface area (Å²) < 4.78 is 7.59. The molecule has 0 saturated carbocycles. The summed E-state index contributed by atoms with van der Waals surface area (Å²) in [5.74, 6) is 0.755. The summed E-state index contributed by atoms with van der Waals surface area (Å²) in [5.41, 5.74) is 1.18. The number of hydrogen-bond donors (Lipinski definition) is 2. The minimum Gasteiger partial charge on any atom is -0.491 e. The van der Waals surface area contributed by atoms with Crippen molar-refractivity contribution in [3.8, 4) is 5.75 Å². The van der Waals surface area contributed by atoms with E-state index in [0.29, 0.717) is 6.54 Å². The predicted molar refractivity (Wildman–Crippen MR) is 91.5 cm³/mol. The molecule has 0 fully saturated rings. The Bertz CT molecular complexity index is 543. The third kappa shape index (κ3) is 6.18. The van der Waals surface area contributed by atoms with Crippen LogP contribution in [0.4, 0.5) is 0 Å². The van der Waals surface area contributed by atoms with Crippen LogP contribution in [0.1, 0.15) is 5.56 Å². The molecule has 0 heterocycles. The van der Waals surface area contributed by atoms with Gasteiger partial charge in [-0.3, -0.25) is 0 Å². The Morgan fingerprint density at radius 1 is 0.952 bits per heavy atom. The number of benzene rings is 2. The van der Waals surface area contributed by atoms with Crippen molar-refractivity contribution in [2.45, 2.75) is 12.6 Å². The number of halogens is 2. The lowest BCUT2D eigenvalue weighted by Crippen LogP contribution is -2.31. The van der Waals surface area contributed by atoms with E-state index in [9.17, 15) is 5.11 Å². The number of aliphatic hydroxyl groups excluding tert-OH is 1. The van der Waals surface area contributed by atoms with Crippen LogP contribution in [0.2, 0.25) is 0 Å². The zero-order chi connectivity index (χ0) is 15.1. The van der Waals surface area contributed by atoms with Gasteiger partial charge in [-0.1, -0.05) is 44.0 Å². The van der Waals surface area contributed by atoms with E-state index in [1.165, 1.54) is 5.56 Å². The van der Waals surface area contributed by atoms with Gasteiger partial charge in [-0.15, -0.1) is 0 Å². The van der Waals surface area contributed by atoms with E-state index < -0.39 is 6.10 Å². The molecule has 3 nitrogen and oxygen atoms in total. The Morgan fingerprint density at radius 2 is 1.52 bits per heavy atom. The smallest absolute Gasteiger partial charge is 0.119 e. The van der Waals surface area contributed by atoms with Gasteiger partial charge >= 0.3 is 0 Å². The van der Waals surface area contributed by atoms with Crippen LogP contribution in [0.3, 0.4) is 0 Å². The number of hydrogen-bond acceptors (Lipinski definition) is 3. The van der Waals surface area contributed by atoms with Gasteiger partial charge < -0.3 is 15.2 Å². The Hall–Kier alpha value is -0.880. The first-order chi connectivity index (χ1) is 10.1. The van der Waals surface area contributed by atoms with Crippen molar-refractivity contribution in [3.63, 3.8) is 0 Å². The fraction of sp³-hybridized carbons (Fsp3) is 0.250.